The van der Waals surface area contributed by atoms with Crippen LogP contribution in [-0.2, 0) is 0 Å². The Labute approximate surface area is 114 Å². The summed E-state index contributed by atoms with van der Waals surface area (Å²) in [5.74, 6) is 1.28. The van der Waals surface area contributed by atoms with Crippen molar-refractivity contribution in [2.75, 3.05) is 39.3 Å². The van der Waals surface area contributed by atoms with E-state index < -0.39 is 0 Å². The molecule has 0 spiro atoms. The second-order valence-corrected chi connectivity index (χ2v) is 4.04. The van der Waals surface area contributed by atoms with E-state index in [0.29, 0.717) is 0 Å². The van der Waals surface area contributed by atoms with Crippen molar-refractivity contribution < 1.29 is 16.9 Å². The summed E-state index contributed by atoms with van der Waals surface area (Å²) in [5, 5.41) is 0. The maximum Gasteiger partial charge on any atom is 0.300 e. The average molecular weight is 264 g/mol. The minimum absolute atomic E-state index is 0. The standard InChI is InChI=1S/C13H30N3.ClH/c1-7-14-13(15(8-2)9-3)16(10-4,11-5)12-6;/h7-12H2,1-6H3;1H/q+1;/p-1. The number of quaternary nitrogens is 1. The molecule has 0 amide bonds. The van der Waals surface area contributed by atoms with Crippen LogP contribution in [0.2, 0.25) is 0 Å². The minimum atomic E-state index is 0. The molecule has 104 valence electrons. The van der Waals surface area contributed by atoms with Crippen molar-refractivity contribution in [1.82, 2.24) is 4.90 Å². The smallest absolute Gasteiger partial charge is 0.300 e. The fourth-order valence-corrected chi connectivity index (χ4v) is 2.29. The van der Waals surface area contributed by atoms with Crippen molar-refractivity contribution in [2.45, 2.75) is 41.5 Å². The van der Waals surface area contributed by atoms with Crippen LogP contribution in [0, 0.1) is 0 Å². The van der Waals surface area contributed by atoms with Crippen LogP contribution in [-0.4, -0.2) is 54.6 Å². The van der Waals surface area contributed by atoms with Gasteiger partial charge in [-0.2, -0.15) is 0 Å². The number of aliphatic imine (C=N–C) groups is 1. The molecule has 0 aromatic carbocycles. The van der Waals surface area contributed by atoms with Crippen molar-refractivity contribution in [3.8, 4) is 0 Å². The second kappa shape index (κ2) is 9.72. The Hall–Kier alpha value is -0.280. The van der Waals surface area contributed by atoms with Gasteiger partial charge in [-0.1, -0.05) is 0 Å². The monoisotopic (exact) mass is 263 g/mol. The van der Waals surface area contributed by atoms with Gasteiger partial charge in [-0.3, -0.25) is 4.48 Å². The number of hydrogen-bond acceptors (Lipinski definition) is 1. The molecule has 0 aromatic rings. The first-order valence-corrected chi connectivity index (χ1v) is 6.81. The summed E-state index contributed by atoms with van der Waals surface area (Å²) in [6, 6.07) is 0. The zero-order chi connectivity index (χ0) is 12.6. The van der Waals surface area contributed by atoms with Crippen LogP contribution in [0.3, 0.4) is 0 Å². The molecule has 0 fully saturated rings. The lowest BCUT2D eigenvalue weighted by molar-refractivity contribution is -0.841. The van der Waals surface area contributed by atoms with Crippen molar-refractivity contribution in [3.63, 3.8) is 0 Å². The topological polar surface area (TPSA) is 15.6 Å². The zero-order valence-corrected chi connectivity index (χ0v) is 13.2. The Morgan fingerprint density at radius 3 is 1.53 bits per heavy atom. The molecule has 17 heavy (non-hydrogen) atoms. The molecule has 0 atom stereocenters. The summed E-state index contributed by atoms with van der Waals surface area (Å²) in [6.45, 7) is 19.7. The van der Waals surface area contributed by atoms with Gasteiger partial charge in [0.1, 0.15) is 0 Å². The highest BCUT2D eigenvalue weighted by atomic mass is 35.5. The third-order valence-electron chi connectivity index (χ3n) is 3.59. The van der Waals surface area contributed by atoms with E-state index in [2.05, 4.69) is 46.4 Å². The van der Waals surface area contributed by atoms with Gasteiger partial charge in [0, 0.05) is 19.6 Å². The molecular formula is C13H30ClN3. The fourth-order valence-electron chi connectivity index (χ4n) is 2.29. The molecule has 0 bridgehead atoms. The van der Waals surface area contributed by atoms with Gasteiger partial charge in [0.15, 0.2) is 0 Å². The molecular weight excluding hydrogens is 234 g/mol. The van der Waals surface area contributed by atoms with Crippen molar-refractivity contribution in [3.05, 3.63) is 0 Å². The van der Waals surface area contributed by atoms with E-state index >= 15 is 0 Å². The lowest BCUT2D eigenvalue weighted by Crippen LogP contribution is -3.00. The van der Waals surface area contributed by atoms with Crippen LogP contribution in [0.25, 0.3) is 0 Å². The molecule has 0 heterocycles. The number of hydrogen-bond donors (Lipinski definition) is 0. The Morgan fingerprint density at radius 2 is 1.29 bits per heavy atom. The Bertz CT molecular complexity index is 200. The van der Waals surface area contributed by atoms with Gasteiger partial charge >= 0.3 is 0 Å². The summed E-state index contributed by atoms with van der Waals surface area (Å²) in [4.78, 5) is 7.17. The highest BCUT2D eigenvalue weighted by molar-refractivity contribution is 5.73. The lowest BCUT2D eigenvalue weighted by atomic mass is 10.3. The first-order valence-electron chi connectivity index (χ1n) is 6.81. The van der Waals surface area contributed by atoms with Crippen molar-refractivity contribution in [2.24, 2.45) is 4.99 Å². The minimum Gasteiger partial charge on any atom is -1.00 e. The molecule has 0 saturated heterocycles. The maximum absolute atomic E-state index is 4.77. The molecule has 0 N–H and O–H groups in total. The summed E-state index contributed by atoms with van der Waals surface area (Å²) < 4.78 is 1.01. The predicted octanol–water partition coefficient (Wildman–Crippen LogP) is -0.415. The van der Waals surface area contributed by atoms with Gasteiger partial charge in [-0.15, -0.1) is 0 Å². The van der Waals surface area contributed by atoms with E-state index in [1.807, 2.05) is 0 Å². The molecule has 0 saturated carbocycles. The number of nitrogens with zero attached hydrogens (tertiary/aromatic N) is 3. The largest absolute Gasteiger partial charge is 1.00 e. The third kappa shape index (κ3) is 4.47. The maximum atomic E-state index is 4.77. The third-order valence-corrected chi connectivity index (χ3v) is 3.59. The summed E-state index contributed by atoms with van der Waals surface area (Å²) in [6.07, 6.45) is 0. The first kappa shape index (κ1) is 19.1. The number of rotatable bonds is 6. The van der Waals surface area contributed by atoms with Crippen LogP contribution in [0.1, 0.15) is 41.5 Å². The summed E-state index contributed by atoms with van der Waals surface area (Å²) in [7, 11) is 0. The van der Waals surface area contributed by atoms with Crippen LogP contribution in [0.15, 0.2) is 4.99 Å². The molecule has 0 radical (unpaired) electrons. The Balaban J connectivity index is 0. The van der Waals surface area contributed by atoms with Gasteiger partial charge in [-0.05, 0) is 41.5 Å². The average Bonchev–Trinajstić information content (AvgIpc) is 2.33. The van der Waals surface area contributed by atoms with E-state index in [-0.39, 0.29) is 12.4 Å². The molecule has 0 aliphatic heterocycles. The zero-order valence-electron chi connectivity index (χ0n) is 12.5. The van der Waals surface area contributed by atoms with Crippen LogP contribution in [0.5, 0.6) is 0 Å². The predicted molar refractivity (Wildman–Crippen MR) is 72.8 cm³/mol. The van der Waals surface area contributed by atoms with E-state index in [9.17, 15) is 0 Å². The number of halogens is 1. The van der Waals surface area contributed by atoms with Gasteiger partial charge in [0.2, 0.25) is 0 Å². The number of guanidine groups is 1. The molecule has 3 nitrogen and oxygen atoms in total. The van der Waals surface area contributed by atoms with E-state index in [4.69, 9.17) is 4.99 Å². The van der Waals surface area contributed by atoms with Crippen LogP contribution < -0.4 is 12.4 Å². The SMILES string of the molecule is CCN=C(N(CC)CC)[N+](CC)(CC)CC.[Cl-]. The van der Waals surface area contributed by atoms with Crippen molar-refractivity contribution >= 4 is 5.96 Å². The lowest BCUT2D eigenvalue weighted by Gasteiger charge is -2.39. The highest BCUT2D eigenvalue weighted by Crippen LogP contribution is 2.12. The van der Waals surface area contributed by atoms with Crippen LogP contribution in [0.4, 0.5) is 0 Å². The molecule has 4 heteroatoms. The van der Waals surface area contributed by atoms with E-state index in [1.165, 1.54) is 5.96 Å². The summed E-state index contributed by atoms with van der Waals surface area (Å²) in [5.41, 5.74) is 0. The van der Waals surface area contributed by atoms with E-state index in [0.717, 1.165) is 43.8 Å². The van der Waals surface area contributed by atoms with Gasteiger partial charge in [0.05, 0.1) is 19.6 Å². The molecule has 0 rings (SSSR count). The second-order valence-electron chi connectivity index (χ2n) is 4.04. The quantitative estimate of drug-likeness (QED) is 0.361. The van der Waals surface area contributed by atoms with E-state index in [1.54, 1.807) is 0 Å². The molecule has 0 aromatic heterocycles. The van der Waals surface area contributed by atoms with Gasteiger partial charge < -0.3 is 17.3 Å². The summed E-state index contributed by atoms with van der Waals surface area (Å²) >= 11 is 0. The molecule has 0 aliphatic rings. The Morgan fingerprint density at radius 1 is 0.882 bits per heavy atom. The molecule has 0 unspecified atom stereocenters. The normalized spacial score (nSPS) is 12.2. The fraction of sp³-hybridized carbons (Fsp3) is 0.923. The highest BCUT2D eigenvalue weighted by Gasteiger charge is 2.32. The Kier molecular flexibility index (Phi) is 10.9. The van der Waals surface area contributed by atoms with Crippen molar-refractivity contribution in [1.29, 1.82) is 0 Å². The van der Waals surface area contributed by atoms with Gasteiger partial charge in [-0.25, -0.2) is 4.99 Å². The van der Waals surface area contributed by atoms with Crippen LogP contribution >= 0.6 is 0 Å². The first-order chi connectivity index (χ1) is 7.65. The van der Waals surface area contributed by atoms with Gasteiger partial charge in [0.25, 0.3) is 5.96 Å². The molecule has 0 aliphatic carbocycles.